The Morgan fingerprint density at radius 3 is 2.82 bits per heavy atom. The minimum absolute atomic E-state index is 0.923. The highest BCUT2D eigenvalue weighted by Crippen LogP contribution is 2.06. The van der Waals surface area contributed by atoms with E-state index in [0.717, 1.165) is 11.5 Å². The average Bonchev–Trinajstić information content (AvgIpc) is 2.37. The number of ether oxygens (including phenoxy) is 1. The molecule has 0 aliphatic heterocycles. The third-order valence-electron chi connectivity index (χ3n) is 1.66. The van der Waals surface area contributed by atoms with Crippen molar-refractivity contribution >= 4 is 6.08 Å². The quantitative estimate of drug-likeness (QED) is 0.590. The van der Waals surface area contributed by atoms with Crippen molar-refractivity contribution in [2.24, 2.45) is 7.05 Å². The third kappa shape index (κ3) is 1.87. The van der Waals surface area contributed by atoms with Gasteiger partial charge in [-0.15, -0.1) is 0 Å². The van der Waals surface area contributed by atoms with E-state index in [1.807, 2.05) is 42.9 Å². The molecule has 0 spiro atoms. The van der Waals surface area contributed by atoms with Gasteiger partial charge >= 0.3 is 0 Å². The normalized spacial score (nSPS) is 11.7. The summed E-state index contributed by atoms with van der Waals surface area (Å²) in [6, 6.07) is 4.05. The van der Waals surface area contributed by atoms with Gasteiger partial charge in [0.05, 0.1) is 12.9 Å². The third-order valence-corrected chi connectivity index (χ3v) is 1.66. The van der Waals surface area contributed by atoms with Gasteiger partial charge in [0.1, 0.15) is 0 Å². The van der Waals surface area contributed by atoms with Crippen LogP contribution in [0.15, 0.2) is 24.1 Å². The molecule has 2 heteroatoms. The molecule has 0 amide bonds. The minimum Gasteiger partial charge on any atom is -0.501 e. The fraction of sp³-hybridized carbons (Fsp3) is 0.333. The van der Waals surface area contributed by atoms with Crippen LogP contribution in [0.4, 0.5) is 0 Å². The van der Waals surface area contributed by atoms with Crippen molar-refractivity contribution in [3.63, 3.8) is 0 Å². The SMILES string of the molecule is CO/C(C)=C/c1cccn1C. The van der Waals surface area contributed by atoms with Gasteiger partial charge in [0.2, 0.25) is 0 Å². The Kier molecular flexibility index (Phi) is 2.36. The molecule has 0 aromatic carbocycles. The summed E-state index contributed by atoms with van der Waals surface area (Å²) in [5.41, 5.74) is 1.16. The van der Waals surface area contributed by atoms with Crippen LogP contribution in [-0.2, 0) is 11.8 Å². The van der Waals surface area contributed by atoms with Crippen LogP contribution in [0.5, 0.6) is 0 Å². The minimum atomic E-state index is 0.923. The van der Waals surface area contributed by atoms with Crippen molar-refractivity contribution in [2.45, 2.75) is 6.92 Å². The lowest BCUT2D eigenvalue weighted by Gasteiger charge is -1.99. The number of nitrogens with zero attached hydrogens (tertiary/aromatic N) is 1. The molecule has 0 radical (unpaired) electrons. The van der Waals surface area contributed by atoms with Crippen molar-refractivity contribution < 1.29 is 4.74 Å². The Hall–Kier alpha value is -1.18. The van der Waals surface area contributed by atoms with Crippen LogP contribution in [0.3, 0.4) is 0 Å². The zero-order valence-electron chi connectivity index (χ0n) is 7.16. The highest BCUT2D eigenvalue weighted by Gasteiger charge is 1.92. The van der Waals surface area contributed by atoms with E-state index in [1.54, 1.807) is 7.11 Å². The van der Waals surface area contributed by atoms with Gasteiger partial charge in [0.15, 0.2) is 0 Å². The van der Waals surface area contributed by atoms with E-state index in [-0.39, 0.29) is 0 Å². The van der Waals surface area contributed by atoms with Crippen molar-refractivity contribution in [3.8, 4) is 0 Å². The zero-order chi connectivity index (χ0) is 8.27. The predicted octanol–water partition coefficient (Wildman–Crippen LogP) is 2.03. The summed E-state index contributed by atoms with van der Waals surface area (Å²) in [6.07, 6.45) is 4.01. The molecular formula is C9H13NO. The number of methoxy groups -OCH3 is 1. The lowest BCUT2D eigenvalue weighted by Crippen LogP contribution is -1.88. The van der Waals surface area contributed by atoms with Gasteiger partial charge in [-0.2, -0.15) is 0 Å². The molecule has 0 N–H and O–H groups in total. The molecule has 0 aliphatic rings. The summed E-state index contributed by atoms with van der Waals surface area (Å²) >= 11 is 0. The van der Waals surface area contributed by atoms with E-state index in [0.29, 0.717) is 0 Å². The Balaban J connectivity index is 2.86. The number of rotatable bonds is 2. The molecule has 0 unspecified atom stereocenters. The summed E-state index contributed by atoms with van der Waals surface area (Å²) in [7, 11) is 3.68. The Morgan fingerprint density at radius 1 is 1.64 bits per heavy atom. The van der Waals surface area contributed by atoms with Crippen LogP contribution in [0, 0.1) is 0 Å². The highest BCUT2D eigenvalue weighted by atomic mass is 16.5. The number of aromatic nitrogens is 1. The smallest absolute Gasteiger partial charge is 0.0945 e. The molecule has 0 fully saturated rings. The first-order valence-electron chi connectivity index (χ1n) is 3.57. The summed E-state index contributed by atoms with van der Waals surface area (Å²) in [6.45, 7) is 1.94. The van der Waals surface area contributed by atoms with Crippen molar-refractivity contribution in [1.29, 1.82) is 0 Å². The van der Waals surface area contributed by atoms with Crippen LogP contribution in [0.1, 0.15) is 12.6 Å². The molecule has 1 aromatic rings. The fourth-order valence-electron chi connectivity index (χ4n) is 0.891. The first-order chi connectivity index (χ1) is 5.24. The topological polar surface area (TPSA) is 14.2 Å². The molecule has 2 nitrogen and oxygen atoms in total. The second kappa shape index (κ2) is 3.28. The van der Waals surface area contributed by atoms with Crippen molar-refractivity contribution in [3.05, 3.63) is 29.8 Å². The van der Waals surface area contributed by atoms with E-state index >= 15 is 0 Å². The Morgan fingerprint density at radius 2 is 2.36 bits per heavy atom. The lowest BCUT2D eigenvalue weighted by molar-refractivity contribution is 0.297. The second-order valence-corrected chi connectivity index (χ2v) is 2.50. The molecule has 0 bridgehead atoms. The molecular weight excluding hydrogens is 138 g/mol. The summed E-state index contributed by atoms with van der Waals surface area (Å²) in [5.74, 6) is 0.923. The molecule has 11 heavy (non-hydrogen) atoms. The molecule has 1 heterocycles. The van der Waals surface area contributed by atoms with Gasteiger partial charge < -0.3 is 9.30 Å². The molecule has 0 atom stereocenters. The van der Waals surface area contributed by atoms with Crippen molar-refractivity contribution in [2.75, 3.05) is 7.11 Å². The summed E-state index contributed by atoms with van der Waals surface area (Å²) in [4.78, 5) is 0. The monoisotopic (exact) mass is 151 g/mol. The molecule has 1 aromatic heterocycles. The maximum Gasteiger partial charge on any atom is 0.0945 e. The molecule has 0 saturated carbocycles. The number of hydrogen-bond donors (Lipinski definition) is 0. The van der Waals surface area contributed by atoms with Crippen LogP contribution in [0.2, 0.25) is 0 Å². The van der Waals surface area contributed by atoms with Crippen LogP contribution >= 0.6 is 0 Å². The van der Waals surface area contributed by atoms with Gasteiger partial charge in [-0.1, -0.05) is 0 Å². The van der Waals surface area contributed by atoms with E-state index in [9.17, 15) is 0 Å². The van der Waals surface area contributed by atoms with Crippen LogP contribution in [0.25, 0.3) is 6.08 Å². The first-order valence-corrected chi connectivity index (χ1v) is 3.57. The van der Waals surface area contributed by atoms with E-state index in [4.69, 9.17) is 4.74 Å². The van der Waals surface area contributed by atoms with E-state index in [1.165, 1.54) is 0 Å². The Bertz CT molecular complexity index is 260. The van der Waals surface area contributed by atoms with Crippen molar-refractivity contribution in [1.82, 2.24) is 4.57 Å². The second-order valence-electron chi connectivity index (χ2n) is 2.50. The molecule has 60 valence electrons. The van der Waals surface area contributed by atoms with Gasteiger partial charge in [-0.3, -0.25) is 0 Å². The molecule has 0 saturated heterocycles. The summed E-state index contributed by atoms with van der Waals surface area (Å²) < 4.78 is 7.07. The summed E-state index contributed by atoms with van der Waals surface area (Å²) in [5, 5.41) is 0. The standard InChI is InChI=1S/C9H13NO/c1-8(11-3)7-9-5-4-6-10(9)2/h4-7H,1-3H3/b8-7+. The number of aryl methyl sites for hydroxylation is 1. The van der Waals surface area contributed by atoms with Crippen LogP contribution in [-0.4, -0.2) is 11.7 Å². The number of allylic oxidation sites excluding steroid dienone is 1. The zero-order valence-corrected chi connectivity index (χ0v) is 7.16. The van der Waals surface area contributed by atoms with E-state index in [2.05, 4.69) is 0 Å². The largest absolute Gasteiger partial charge is 0.501 e. The maximum absolute atomic E-state index is 5.03. The lowest BCUT2D eigenvalue weighted by atomic mass is 10.3. The highest BCUT2D eigenvalue weighted by molar-refractivity contribution is 5.47. The van der Waals surface area contributed by atoms with Gasteiger partial charge in [-0.25, -0.2) is 0 Å². The predicted molar refractivity (Wildman–Crippen MR) is 46.1 cm³/mol. The number of hydrogen-bond acceptors (Lipinski definition) is 1. The molecule has 1 rings (SSSR count). The van der Waals surface area contributed by atoms with Gasteiger partial charge in [0.25, 0.3) is 0 Å². The van der Waals surface area contributed by atoms with Crippen LogP contribution < -0.4 is 0 Å². The average molecular weight is 151 g/mol. The Labute approximate surface area is 67.1 Å². The maximum atomic E-state index is 5.03. The fourth-order valence-corrected chi connectivity index (χ4v) is 0.891. The first kappa shape index (κ1) is 7.92. The van der Waals surface area contributed by atoms with Gasteiger partial charge in [-0.05, 0) is 25.1 Å². The molecule has 0 aliphatic carbocycles. The van der Waals surface area contributed by atoms with E-state index < -0.39 is 0 Å². The van der Waals surface area contributed by atoms with Gasteiger partial charge in [0, 0.05) is 18.9 Å².